The summed E-state index contributed by atoms with van der Waals surface area (Å²) in [5.74, 6) is -0.169. The summed E-state index contributed by atoms with van der Waals surface area (Å²) in [4.78, 5) is 26.1. The van der Waals surface area contributed by atoms with Gasteiger partial charge in [-0.2, -0.15) is 0 Å². The largest absolute Gasteiger partial charge is 0.392 e. The van der Waals surface area contributed by atoms with Crippen molar-refractivity contribution in [3.63, 3.8) is 0 Å². The van der Waals surface area contributed by atoms with Crippen molar-refractivity contribution in [2.75, 3.05) is 26.7 Å². The number of rotatable bonds is 2. The number of likely N-dealkylation sites (N-methyl/N-ethyl adjacent to an activating group) is 1. The average Bonchev–Trinajstić information content (AvgIpc) is 2.21. The molecule has 1 rings (SSSR count). The molecule has 1 unspecified atom stereocenters. The Labute approximate surface area is 102 Å². The van der Waals surface area contributed by atoms with Crippen LogP contribution < -0.4 is 0 Å². The van der Waals surface area contributed by atoms with Crippen molar-refractivity contribution in [2.24, 2.45) is 5.41 Å². The Morgan fingerprint density at radius 2 is 2.06 bits per heavy atom. The number of likely N-dealkylation sites (tertiary alicyclic amines) is 1. The second kappa shape index (κ2) is 5.04. The second-order valence-corrected chi connectivity index (χ2v) is 5.48. The Morgan fingerprint density at radius 1 is 1.47 bits per heavy atom. The van der Waals surface area contributed by atoms with Crippen LogP contribution in [-0.2, 0) is 9.59 Å². The minimum absolute atomic E-state index is 0.0531. The highest BCUT2D eigenvalue weighted by molar-refractivity contribution is 5.83. The van der Waals surface area contributed by atoms with Crippen LogP contribution in [0.4, 0.5) is 0 Å². The monoisotopic (exact) mass is 242 g/mol. The van der Waals surface area contributed by atoms with Gasteiger partial charge in [0.15, 0.2) is 0 Å². The molecule has 17 heavy (non-hydrogen) atoms. The summed E-state index contributed by atoms with van der Waals surface area (Å²) in [6, 6.07) is 0. The maximum absolute atomic E-state index is 12.0. The summed E-state index contributed by atoms with van der Waals surface area (Å²) >= 11 is 0. The van der Waals surface area contributed by atoms with E-state index in [0.29, 0.717) is 19.5 Å². The van der Waals surface area contributed by atoms with Crippen molar-refractivity contribution < 1.29 is 14.7 Å². The van der Waals surface area contributed by atoms with E-state index in [1.165, 1.54) is 11.8 Å². The molecule has 0 aromatic rings. The third kappa shape index (κ3) is 3.43. The third-order valence-corrected chi connectivity index (χ3v) is 3.44. The zero-order valence-corrected chi connectivity index (χ0v) is 11.1. The Hall–Kier alpha value is -1.10. The molecule has 2 amide bonds. The summed E-state index contributed by atoms with van der Waals surface area (Å²) in [6.07, 6.45) is 0.236. The highest BCUT2D eigenvalue weighted by Gasteiger charge is 2.36. The second-order valence-electron chi connectivity index (χ2n) is 5.48. The van der Waals surface area contributed by atoms with E-state index in [4.69, 9.17) is 0 Å². The van der Waals surface area contributed by atoms with E-state index < -0.39 is 0 Å². The molecule has 1 N–H and O–H groups in total. The standard InChI is InChI=1S/C12H22N2O3/c1-9(15)13(4)7-11(17)14-6-5-10(16)12(2,3)8-14/h10,16H,5-8H2,1-4H3. The first kappa shape index (κ1) is 14.0. The zero-order valence-electron chi connectivity index (χ0n) is 11.1. The molecule has 0 spiro atoms. The number of amides is 2. The molecule has 0 saturated carbocycles. The van der Waals surface area contributed by atoms with Crippen LogP contribution in [0.3, 0.4) is 0 Å². The molecule has 0 bridgehead atoms. The predicted molar refractivity (Wildman–Crippen MR) is 64.3 cm³/mol. The van der Waals surface area contributed by atoms with E-state index in [0.717, 1.165) is 0 Å². The Bertz CT molecular complexity index is 315. The Balaban J connectivity index is 2.57. The van der Waals surface area contributed by atoms with E-state index in [1.807, 2.05) is 13.8 Å². The molecular weight excluding hydrogens is 220 g/mol. The fourth-order valence-electron chi connectivity index (χ4n) is 1.97. The van der Waals surface area contributed by atoms with Gasteiger partial charge in [-0.15, -0.1) is 0 Å². The SMILES string of the molecule is CC(=O)N(C)CC(=O)N1CCC(O)C(C)(C)C1. The van der Waals surface area contributed by atoms with Gasteiger partial charge in [-0.1, -0.05) is 13.8 Å². The normalized spacial score (nSPS) is 23.4. The topological polar surface area (TPSA) is 60.9 Å². The summed E-state index contributed by atoms with van der Waals surface area (Å²) in [5, 5.41) is 9.80. The molecule has 1 aliphatic heterocycles. The molecule has 1 aliphatic rings. The highest BCUT2D eigenvalue weighted by Crippen LogP contribution is 2.29. The van der Waals surface area contributed by atoms with Gasteiger partial charge in [0.25, 0.3) is 0 Å². The number of nitrogens with zero attached hydrogens (tertiary/aromatic N) is 2. The van der Waals surface area contributed by atoms with Crippen LogP contribution in [0.5, 0.6) is 0 Å². The summed E-state index contributed by atoms with van der Waals surface area (Å²) < 4.78 is 0. The lowest BCUT2D eigenvalue weighted by molar-refractivity contribution is -0.143. The lowest BCUT2D eigenvalue weighted by atomic mass is 9.81. The van der Waals surface area contributed by atoms with E-state index in [-0.39, 0.29) is 29.9 Å². The predicted octanol–water partition coefficient (Wildman–Crippen LogP) is 0.0841. The number of piperidine rings is 1. The van der Waals surface area contributed by atoms with Crippen LogP contribution in [0.25, 0.3) is 0 Å². The first-order chi connectivity index (χ1) is 7.74. The van der Waals surface area contributed by atoms with Crippen LogP contribution in [-0.4, -0.2) is 59.5 Å². The average molecular weight is 242 g/mol. The van der Waals surface area contributed by atoms with Gasteiger partial charge in [0.1, 0.15) is 0 Å². The Kier molecular flexibility index (Phi) is 4.14. The van der Waals surface area contributed by atoms with Crippen molar-refractivity contribution in [1.82, 2.24) is 9.80 Å². The number of hydrogen-bond donors (Lipinski definition) is 1. The molecule has 1 saturated heterocycles. The van der Waals surface area contributed by atoms with Crippen molar-refractivity contribution in [1.29, 1.82) is 0 Å². The van der Waals surface area contributed by atoms with Crippen molar-refractivity contribution >= 4 is 11.8 Å². The van der Waals surface area contributed by atoms with Gasteiger partial charge in [-0.25, -0.2) is 0 Å². The maximum Gasteiger partial charge on any atom is 0.242 e. The first-order valence-electron chi connectivity index (χ1n) is 5.91. The highest BCUT2D eigenvalue weighted by atomic mass is 16.3. The van der Waals surface area contributed by atoms with Gasteiger partial charge >= 0.3 is 0 Å². The van der Waals surface area contributed by atoms with Crippen molar-refractivity contribution in [3.8, 4) is 0 Å². The quantitative estimate of drug-likeness (QED) is 0.746. The molecule has 0 aromatic carbocycles. The lowest BCUT2D eigenvalue weighted by Crippen LogP contribution is -2.52. The van der Waals surface area contributed by atoms with Gasteiger partial charge in [0, 0.05) is 32.5 Å². The van der Waals surface area contributed by atoms with Crippen molar-refractivity contribution in [2.45, 2.75) is 33.3 Å². The summed E-state index contributed by atoms with van der Waals surface area (Å²) in [7, 11) is 1.62. The molecular formula is C12H22N2O3. The third-order valence-electron chi connectivity index (χ3n) is 3.44. The van der Waals surface area contributed by atoms with Crippen LogP contribution in [0, 0.1) is 5.41 Å². The van der Waals surface area contributed by atoms with E-state index in [2.05, 4.69) is 0 Å². The molecule has 1 atom stereocenters. The zero-order chi connectivity index (χ0) is 13.2. The first-order valence-corrected chi connectivity index (χ1v) is 5.91. The summed E-state index contributed by atoms with van der Waals surface area (Å²) in [5.41, 5.74) is -0.275. The van der Waals surface area contributed by atoms with Crippen LogP contribution in [0.15, 0.2) is 0 Å². The molecule has 98 valence electrons. The Morgan fingerprint density at radius 3 is 2.53 bits per heavy atom. The van der Waals surface area contributed by atoms with E-state index >= 15 is 0 Å². The van der Waals surface area contributed by atoms with Gasteiger partial charge in [-0.05, 0) is 6.42 Å². The van der Waals surface area contributed by atoms with Crippen LogP contribution in [0.2, 0.25) is 0 Å². The molecule has 0 aliphatic carbocycles. The number of aliphatic hydroxyl groups is 1. The van der Waals surface area contributed by atoms with Gasteiger partial charge < -0.3 is 14.9 Å². The smallest absolute Gasteiger partial charge is 0.242 e. The number of aliphatic hydroxyl groups excluding tert-OH is 1. The van der Waals surface area contributed by atoms with Crippen LogP contribution in [0.1, 0.15) is 27.2 Å². The fourth-order valence-corrected chi connectivity index (χ4v) is 1.97. The number of hydrogen-bond acceptors (Lipinski definition) is 3. The minimum atomic E-state index is -0.364. The van der Waals surface area contributed by atoms with Gasteiger partial charge in [-0.3, -0.25) is 9.59 Å². The van der Waals surface area contributed by atoms with Gasteiger partial charge in [0.05, 0.1) is 12.6 Å². The van der Waals surface area contributed by atoms with Crippen molar-refractivity contribution in [3.05, 3.63) is 0 Å². The molecule has 1 fully saturated rings. The van der Waals surface area contributed by atoms with E-state index in [1.54, 1.807) is 11.9 Å². The number of carbonyl (C=O) groups excluding carboxylic acids is 2. The van der Waals surface area contributed by atoms with Gasteiger partial charge in [0.2, 0.25) is 11.8 Å². The van der Waals surface area contributed by atoms with Crippen LogP contribution >= 0.6 is 0 Å². The number of carbonyl (C=O) groups is 2. The molecule has 0 radical (unpaired) electrons. The molecule has 5 nitrogen and oxygen atoms in total. The fraction of sp³-hybridized carbons (Fsp3) is 0.833. The molecule has 1 heterocycles. The molecule has 5 heteroatoms. The van der Waals surface area contributed by atoms with E-state index in [9.17, 15) is 14.7 Å². The lowest BCUT2D eigenvalue weighted by Gasteiger charge is -2.42. The minimum Gasteiger partial charge on any atom is -0.392 e. The summed E-state index contributed by atoms with van der Waals surface area (Å²) in [6.45, 7) is 6.56. The maximum atomic E-state index is 12.0. The molecule has 0 aromatic heterocycles.